The summed E-state index contributed by atoms with van der Waals surface area (Å²) in [5, 5.41) is 0. The van der Waals surface area contributed by atoms with Gasteiger partial charge in [-0.3, -0.25) is 18.6 Å². The summed E-state index contributed by atoms with van der Waals surface area (Å²) in [5.74, 6) is -0.906. The molecule has 0 aromatic carbocycles. The SMILES string of the molecule is CCCCCCC/C=C/CCCCCCCC(=O)OC[C@H](COP(=O)(O)OCCN)OC(=O)CCC/C=C/C/C=C/C/C=C/C/C=C/CCCCCCCCC. The van der Waals surface area contributed by atoms with E-state index >= 15 is 0 Å². The van der Waals surface area contributed by atoms with E-state index < -0.39 is 32.5 Å². The summed E-state index contributed by atoms with van der Waals surface area (Å²) in [4.78, 5) is 34.8. The van der Waals surface area contributed by atoms with Crippen molar-refractivity contribution in [2.75, 3.05) is 26.4 Å². The minimum Gasteiger partial charge on any atom is -0.462 e. The molecule has 0 radical (unpaired) electrons. The minimum atomic E-state index is -4.40. The van der Waals surface area contributed by atoms with Crippen LogP contribution in [0.2, 0.25) is 0 Å². The highest BCUT2D eigenvalue weighted by Crippen LogP contribution is 2.43. The fourth-order valence-corrected chi connectivity index (χ4v) is 6.56. The number of phosphoric ester groups is 1. The molecule has 0 heterocycles. The number of ether oxygens (including phenoxy) is 2. The van der Waals surface area contributed by atoms with Crippen LogP contribution in [0.3, 0.4) is 0 Å². The zero-order chi connectivity index (χ0) is 41.1. The zero-order valence-electron chi connectivity index (χ0n) is 35.6. The third-order valence-electron chi connectivity index (χ3n) is 9.13. The highest BCUT2D eigenvalue weighted by atomic mass is 31.2. The summed E-state index contributed by atoms with van der Waals surface area (Å²) in [5.41, 5.74) is 5.34. The summed E-state index contributed by atoms with van der Waals surface area (Å²) in [7, 11) is -4.40. The maximum Gasteiger partial charge on any atom is 0.472 e. The molecule has 0 amide bonds. The summed E-state index contributed by atoms with van der Waals surface area (Å²) in [6.45, 7) is 3.64. The standard InChI is InChI=1S/C46H82NO8P/c1-3-5-7-9-11-13-15-17-19-20-21-22-23-24-25-27-29-31-33-35-37-39-46(49)55-44(43-54-56(50,51)53-41-40-47)42-52-45(48)38-36-34-32-30-28-26-18-16-14-12-10-8-6-4-2/h16,18-20,22-23,25,27,31,33,44H,3-15,17,21,24,26,28-30,32,34-43,47H2,1-2H3,(H,50,51)/b18-16+,20-19+,23-22+,27-25+,33-31+/t44-/m1/s1. The number of hydrogen-bond acceptors (Lipinski definition) is 8. The second-order valence-electron chi connectivity index (χ2n) is 14.6. The fraction of sp³-hybridized carbons (Fsp3) is 0.739. The Balaban J connectivity index is 4.26. The quantitative estimate of drug-likeness (QED) is 0.0268. The van der Waals surface area contributed by atoms with E-state index in [4.69, 9.17) is 24.3 Å². The van der Waals surface area contributed by atoms with E-state index in [-0.39, 0.29) is 32.6 Å². The molecule has 3 N–H and O–H groups in total. The predicted octanol–water partition coefficient (Wildman–Crippen LogP) is 12.9. The van der Waals surface area contributed by atoms with Crippen molar-refractivity contribution in [1.82, 2.24) is 0 Å². The van der Waals surface area contributed by atoms with E-state index in [0.29, 0.717) is 19.3 Å². The molecule has 0 aliphatic rings. The molecule has 0 aliphatic heterocycles. The lowest BCUT2D eigenvalue weighted by Crippen LogP contribution is -2.29. The summed E-state index contributed by atoms with van der Waals surface area (Å²) in [6, 6.07) is 0. The number of carbonyl (C=O) groups is 2. The van der Waals surface area contributed by atoms with E-state index in [1.54, 1.807) is 0 Å². The van der Waals surface area contributed by atoms with Crippen molar-refractivity contribution in [2.24, 2.45) is 5.73 Å². The number of phosphoric acid groups is 1. The molecule has 0 aromatic heterocycles. The van der Waals surface area contributed by atoms with Crippen LogP contribution in [-0.4, -0.2) is 49.3 Å². The van der Waals surface area contributed by atoms with Crippen LogP contribution in [0.5, 0.6) is 0 Å². The van der Waals surface area contributed by atoms with E-state index in [1.165, 1.54) is 89.9 Å². The van der Waals surface area contributed by atoms with Crippen molar-refractivity contribution >= 4 is 19.8 Å². The molecule has 0 aromatic rings. The molecule has 0 spiro atoms. The van der Waals surface area contributed by atoms with Gasteiger partial charge in [0.1, 0.15) is 6.61 Å². The zero-order valence-corrected chi connectivity index (χ0v) is 36.5. The van der Waals surface area contributed by atoms with E-state index in [0.717, 1.165) is 51.4 Å². The third-order valence-corrected chi connectivity index (χ3v) is 10.1. The van der Waals surface area contributed by atoms with Crippen LogP contribution in [0.25, 0.3) is 0 Å². The number of rotatable bonds is 41. The van der Waals surface area contributed by atoms with Gasteiger partial charge in [-0.05, 0) is 77.0 Å². The van der Waals surface area contributed by atoms with Gasteiger partial charge in [-0.15, -0.1) is 0 Å². The number of carbonyl (C=O) groups excluding carboxylic acids is 2. The molecule has 1 unspecified atom stereocenters. The summed E-state index contributed by atoms with van der Waals surface area (Å²) < 4.78 is 32.7. The summed E-state index contributed by atoms with van der Waals surface area (Å²) >= 11 is 0. The van der Waals surface area contributed by atoms with Gasteiger partial charge in [0.05, 0.1) is 13.2 Å². The van der Waals surface area contributed by atoms with Crippen LogP contribution in [0, 0.1) is 0 Å². The Labute approximate surface area is 342 Å². The predicted molar refractivity (Wildman–Crippen MR) is 233 cm³/mol. The van der Waals surface area contributed by atoms with Gasteiger partial charge in [-0.25, -0.2) is 4.57 Å². The van der Waals surface area contributed by atoms with Gasteiger partial charge in [0, 0.05) is 19.4 Å². The first-order chi connectivity index (χ1) is 27.3. The van der Waals surface area contributed by atoms with Gasteiger partial charge in [0.25, 0.3) is 0 Å². The smallest absolute Gasteiger partial charge is 0.462 e. The van der Waals surface area contributed by atoms with Crippen LogP contribution < -0.4 is 5.73 Å². The summed E-state index contributed by atoms with van der Waals surface area (Å²) in [6.07, 6.45) is 49.8. The van der Waals surface area contributed by atoms with Gasteiger partial charge >= 0.3 is 19.8 Å². The average Bonchev–Trinajstić information content (AvgIpc) is 3.18. The second-order valence-corrected chi connectivity index (χ2v) is 16.0. The lowest BCUT2D eigenvalue weighted by atomic mass is 10.1. The van der Waals surface area contributed by atoms with Crippen LogP contribution in [0.15, 0.2) is 60.8 Å². The largest absolute Gasteiger partial charge is 0.472 e. The average molecular weight is 808 g/mol. The first kappa shape index (κ1) is 53.7. The van der Waals surface area contributed by atoms with Crippen LogP contribution in [-0.2, 0) is 32.7 Å². The molecule has 0 aliphatic carbocycles. The molecule has 0 saturated heterocycles. The van der Waals surface area contributed by atoms with Crippen LogP contribution in [0.4, 0.5) is 0 Å². The van der Waals surface area contributed by atoms with Gasteiger partial charge in [-0.1, -0.05) is 158 Å². The molecular formula is C46H82NO8P. The molecular weight excluding hydrogens is 725 g/mol. The van der Waals surface area contributed by atoms with Crippen molar-refractivity contribution in [1.29, 1.82) is 0 Å². The van der Waals surface area contributed by atoms with Crippen LogP contribution in [0.1, 0.15) is 187 Å². The van der Waals surface area contributed by atoms with Gasteiger partial charge in [-0.2, -0.15) is 0 Å². The molecule has 0 rings (SSSR count). The molecule has 9 nitrogen and oxygen atoms in total. The maximum absolute atomic E-state index is 12.6. The van der Waals surface area contributed by atoms with Crippen molar-refractivity contribution in [2.45, 2.75) is 193 Å². The first-order valence-corrected chi connectivity index (χ1v) is 23.8. The normalized spacial score (nSPS) is 13.9. The molecule has 10 heteroatoms. The van der Waals surface area contributed by atoms with Crippen LogP contribution >= 0.6 is 7.82 Å². The Morgan fingerprint density at radius 3 is 1.45 bits per heavy atom. The monoisotopic (exact) mass is 808 g/mol. The van der Waals surface area contributed by atoms with E-state index in [2.05, 4.69) is 68.5 Å². The number of allylic oxidation sites excluding steroid dienone is 10. The number of hydrogen-bond donors (Lipinski definition) is 2. The highest BCUT2D eigenvalue weighted by Gasteiger charge is 2.25. The number of unbranched alkanes of at least 4 members (excludes halogenated alkanes) is 18. The van der Waals surface area contributed by atoms with Gasteiger partial charge in [0.2, 0.25) is 0 Å². The van der Waals surface area contributed by atoms with Crippen molar-refractivity contribution < 1.29 is 37.6 Å². The fourth-order valence-electron chi connectivity index (χ4n) is 5.80. The van der Waals surface area contributed by atoms with Crippen molar-refractivity contribution in [3.8, 4) is 0 Å². The Morgan fingerprint density at radius 1 is 0.536 bits per heavy atom. The molecule has 0 saturated carbocycles. The minimum absolute atomic E-state index is 0.0415. The first-order valence-electron chi connectivity index (χ1n) is 22.3. The van der Waals surface area contributed by atoms with E-state index in [1.807, 2.05) is 6.08 Å². The Morgan fingerprint density at radius 2 is 0.946 bits per heavy atom. The second kappa shape index (κ2) is 42.3. The topological polar surface area (TPSA) is 134 Å². The van der Waals surface area contributed by atoms with Gasteiger partial charge in [0.15, 0.2) is 6.10 Å². The maximum atomic E-state index is 12.6. The Bertz CT molecular complexity index is 1100. The molecule has 324 valence electrons. The van der Waals surface area contributed by atoms with Crippen molar-refractivity contribution in [3.63, 3.8) is 0 Å². The number of nitrogens with two attached hydrogens (primary N) is 1. The molecule has 0 bridgehead atoms. The van der Waals surface area contributed by atoms with E-state index in [9.17, 15) is 19.0 Å². The highest BCUT2D eigenvalue weighted by molar-refractivity contribution is 7.47. The molecule has 0 fully saturated rings. The Hall–Kier alpha value is -2.29. The van der Waals surface area contributed by atoms with Gasteiger partial charge < -0.3 is 20.1 Å². The lowest BCUT2D eigenvalue weighted by molar-refractivity contribution is -0.161. The molecule has 56 heavy (non-hydrogen) atoms. The molecule has 2 atom stereocenters. The number of esters is 2. The van der Waals surface area contributed by atoms with Crippen molar-refractivity contribution in [3.05, 3.63) is 60.8 Å². The third kappa shape index (κ3) is 41.3. The Kier molecular flexibility index (Phi) is 40.6. The lowest BCUT2D eigenvalue weighted by Gasteiger charge is -2.19.